The topological polar surface area (TPSA) is 78.1 Å². The van der Waals surface area contributed by atoms with E-state index >= 15 is 0 Å². The Balaban J connectivity index is 2.55. The molecule has 0 radical (unpaired) electrons. The average Bonchev–Trinajstić information content (AvgIpc) is 2.05. The van der Waals surface area contributed by atoms with E-state index in [2.05, 4.69) is 9.97 Å². The Labute approximate surface area is 88.7 Å². The number of nitrogen functional groups attached to an aromatic ring is 1. The van der Waals surface area contributed by atoms with Crippen LogP contribution < -0.4 is 5.73 Å². The highest BCUT2D eigenvalue weighted by atomic mass is 16.6. The zero-order valence-electron chi connectivity index (χ0n) is 9.15. The van der Waals surface area contributed by atoms with Gasteiger partial charge in [-0.1, -0.05) is 0 Å². The van der Waals surface area contributed by atoms with Crippen LogP contribution in [0.15, 0.2) is 12.4 Å². The number of hydrogen-bond acceptors (Lipinski definition) is 5. The quantitative estimate of drug-likeness (QED) is 0.733. The Hall–Kier alpha value is -1.65. The third-order valence-corrected chi connectivity index (χ3v) is 1.45. The Kier molecular flexibility index (Phi) is 3.24. The summed E-state index contributed by atoms with van der Waals surface area (Å²) in [7, 11) is 0. The molecular weight excluding hydrogens is 194 g/mol. The maximum absolute atomic E-state index is 11.4. The monoisotopic (exact) mass is 209 g/mol. The fourth-order valence-electron chi connectivity index (χ4n) is 0.963. The molecule has 0 spiro atoms. The van der Waals surface area contributed by atoms with Crippen LogP contribution in [0.1, 0.15) is 26.6 Å². The third-order valence-electron chi connectivity index (χ3n) is 1.45. The van der Waals surface area contributed by atoms with Crippen LogP contribution in [0.25, 0.3) is 0 Å². The molecule has 1 aromatic rings. The summed E-state index contributed by atoms with van der Waals surface area (Å²) in [5, 5.41) is 0. The van der Waals surface area contributed by atoms with Crippen molar-refractivity contribution in [2.45, 2.75) is 32.8 Å². The second-order valence-electron chi connectivity index (χ2n) is 4.20. The van der Waals surface area contributed by atoms with Gasteiger partial charge in [-0.2, -0.15) is 0 Å². The summed E-state index contributed by atoms with van der Waals surface area (Å²) in [6.45, 7) is 5.44. The summed E-state index contributed by atoms with van der Waals surface area (Å²) in [6.07, 6.45) is 3.00. The van der Waals surface area contributed by atoms with Crippen LogP contribution in [0.4, 0.5) is 5.69 Å². The Morgan fingerprint density at radius 1 is 1.40 bits per heavy atom. The molecule has 0 aliphatic rings. The van der Waals surface area contributed by atoms with E-state index in [-0.39, 0.29) is 12.4 Å². The number of esters is 1. The SMILES string of the molecule is CC(C)(C)OC(=O)Cc1ncc(N)cn1. The molecule has 0 unspecified atom stereocenters. The van der Waals surface area contributed by atoms with Crippen molar-refractivity contribution in [3.8, 4) is 0 Å². The van der Waals surface area contributed by atoms with E-state index in [9.17, 15) is 4.79 Å². The van der Waals surface area contributed by atoms with Crippen LogP contribution in [-0.4, -0.2) is 21.5 Å². The van der Waals surface area contributed by atoms with Gasteiger partial charge in [-0.3, -0.25) is 4.79 Å². The third kappa shape index (κ3) is 4.39. The van der Waals surface area contributed by atoms with Crippen molar-refractivity contribution in [2.24, 2.45) is 0 Å². The van der Waals surface area contributed by atoms with E-state index in [1.165, 1.54) is 12.4 Å². The predicted molar refractivity (Wildman–Crippen MR) is 56.0 cm³/mol. The van der Waals surface area contributed by atoms with Crippen LogP contribution >= 0.6 is 0 Å². The largest absolute Gasteiger partial charge is 0.460 e. The van der Waals surface area contributed by atoms with Crippen molar-refractivity contribution < 1.29 is 9.53 Å². The van der Waals surface area contributed by atoms with Gasteiger partial charge in [-0.15, -0.1) is 0 Å². The van der Waals surface area contributed by atoms with E-state index in [0.29, 0.717) is 11.5 Å². The van der Waals surface area contributed by atoms with E-state index in [1.807, 2.05) is 20.8 Å². The van der Waals surface area contributed by atoms with Crippen LogP contribution in [0, 0.1) is 0 Å². The van der Waals surface area contributed by atoms with E-state index < -0.39 is 5.60 Å². The number of ether oxygens (including phenoxy) is 1. The number of rotatable bonds is 2. The molecular formula is C10H15N3O2. The molecule has 82 valence electrons. The molecule has 1 aromatic heterocycles. The van der Waals surface area contributed by atoms with Crippen LogP contribution in [0.3, 0.4) is 0 Å². The normalized spacial score (nSPS) is 11.1. The first kappa shape index (κ1) is 11.4. The minimum absolute atomic E-state index is 0.0670. The molecule has 0 aromatic carbocycles. The summed E-state index contributed by atoms with van der Waals surface area (Å²) in [5.74, 6) is 0.0747. The average molecular weight is 209 g/mol. The highest BCUT2D eigenvalue weighted by Gasteiger charge is 2.17. The van der Waals surface area contributed by atoms with Gasteiger partial charge in [0.05, 0.1) is 18.1 Å². The molecule has 5 nitrogen and oxygen atoms in total. The van der Waals surface area contributed by atoms with Crippen molar-refractivity contribution in [1.29, 1.82) is 0 Å². The summed E-state index contributed by atoms with van der Waals surface area (Å²) >= 11 is 0. The van der Waals surface area contributed by atoms with E-state index in [4.69, 9.17) is 10.5 Å². The van der Waals surface area contributed by atoms with Crippen molar-refractivity contribution in [3.05, 3.63) is 18.2 Å². The lowest BCUT2D eigenvalue weighted by atomic mass is 10.2. The smallest absolute Gasteiger partial charge is 0.314 e. The lowest BCUT2D eigenvalue weighted by Crippen LogP contribution is -2.25. The first-order chi connectivity index (χ1) is 6.87. The molecule has 0 saturated heterocycles. The Morgan fingerprint density at radius 3 is 2.40 bits per heavy atom. The minimum atomic E-state index is -0.481. The molecule has 1 rings (SSSR count). The van der Waals surface area contributed by atoms with Gasteiger partial charge in [0, 0.05) is 0 Å². The summed E-state index contributed by atoms with van der Waals surface area (Å²) < 4.78 is 5.12. The van der Waals surface area contributed by atoms with Gasteiger partial charge in [0.2, 0.25) is 0 Å². The standard InChI is InChI=1S/C10H15N3O2/c1-10(2,3)15-9(14)4-8-12-5-7(11)6-13-8/h5-6H,4,11H2,1-3H3. The van der Waals surface area contributed by atoms with E-state index in [0.717, 1.165) is 0 Å². The van der Waals surface area contributed by atoms with E-state index in [1.54, 1.807) is 0 Å². The first-order valence-corrected chi connectivity index (χ1v) is 4.65. The van der Waals surface area contributed by atoms with Gasteiger partial charge in [-0.05, 0) is 20.8 Å². The molecule has 1 heterocycles. The van der Waals surface area contributed by atoms with Gasteiger partial charge in [0.1, 0.15) is 17.8 Å². The zero-order chi connectivity index (χ0) is 11.5. The highest BCUT2D eigenvalue weighted by Crippen LogP contribution is 2.08. The van der Waals surface area contributed by atoms with Crippen molar-refractivity contribution in [2.75, 3.05) is 5.73 Å². The number of nitrogens with two attached hydrogens (primary N) is 1. The maximum atomic E-state index is 11.4. The number of hydrogen-bond donors (Lipinski definition) is 1. The zero-order valence-corrected chi connectivity index (χ0v) is 9.15. The second-order valence-corrected chi connectivity index (χ2v) is 4.20. The molecule has 5 heteroatoms. The number of carbonyl (C=O) groups excluding carboxylic acids is 1. The Bertz CT molecular complexity index is 341. The lowest BCUT2D eigenvalue weighted by Gasteiger charge is -2.19. The van der Waals surface area contributed by atoms with Crippen LogP contribution in [0.5, 0.6) is 0 Å². The van der Waals surface area contributed by atoms with Gasteiger partial charge >= 0.3 is 5.97 Å². The highest BCUT2D eigenvalue weighted by molar-refractivity contribution is 5.71. The number of anilines is 1. The number of nitrogens with zero attached hydrogens (tertiary/aromatic N) is 2. The second kappa shape index (κ2) is 4.25. The number of aromatic nitrogens is 2. The molecule has 0 fully saturated rings. The van der Waals surface area contributed by atoms with Gasteiger partial charge in [-0.25, -0.2) is 9.97 Å². The summed E-state index contributed by atoms with van der Waals surface area (Å²) in [6, 6.07) is 0. The molecule has 15 heavy (non-hydrogen) atoms. The van der Waals surface area contributed by atoms with Gasteiger partial charge in [0.15, 0.2) is 0 Å². The molecule has 0 saturated carbocycles. The molecule has 0 aliphatic heterocycles. The van der Waals surface area contributed by atoms with Crippen molar-refractivity contribution >= 4 is 11.7 Å². The molecule has 0 amide bonds. The summed E-state index contributed by atoms with van der Waals surface area (Å²) in [5.41, 5.74) is 5.41. The van der Waals surface area contributed by atoms with Gasteiger partial charge in [0.25, 0.3) is 0 Å². The maximum Gasteiger partial charge on any atom is 0.314 e. The predicted octanol–water partition coefficient (Wildman–Crippen LogP) is 0.943. The van der Waals surface area contributed by atoms with Crippen LogP contribution in [-0.2, 0) is 16.0 Å². The molecule has 0 aliphatic carbocycles. The fourth-order valence-corrected chi connectivity index (χ4v) is 0.963. The molecule has 0 bridgehead atoms. The van der Waals surface area contributed by atoms with Crippen molar-refractivity contribution in [3.63, 3.8) is 0 Å². The lowest BCUT2D eigenvalue weighted by molar-refractivity contribution is -0.154. The van der Waals surface area contributed by atoms with Gasteiger partial charge < -0.3 is 10.5 Å². The minimum Gasteiger partial charge on any atom is -0.460 e. The number of carbonyl (C=O) groups is 1. The first-order valence-electron chi connectivity index (χ1n) is 4.65. The van der Waals surface area contributed by atoms with Crippen molar-refractivity contribution in [1.82, 2.24) is 9.97 Å². The molecule has 2 N–H and O–H groups in total. The Morgan fingerprint density at radius 2 is 1.93 bits per heavy atom. The summed E-state index contributed by atoms with van der Waals surface area (Å²) in [4.78, 5) is 19.2. The fraction of sp³-hybridized carbons (Fsp3) is 0.500. The molecule has 0 atom stereocenters. The van der Waals surface area contributed by atoms with Crippen LogP contribution in [0.2, 0.25) is 0 Å².